The first-order valence-corrected chi connectivity index (χ1v) is 7.55. The number of piperidine rings is 3. The molecule has 3 aliphatic rings. The molecule has 3 aliphatic heterocycles. The number of carbonyl (C=O) groups is 1. The second kappa shape index (κ2) is 5.98. The van der Waals surface area contributed by atoms with Crippen LogP contribution in [0.25, 0.3) is 6.08 Å². The summed E-state index contributed by atoms with van der Waals surface area (Å²) >= 11 is 6.06. The molecule has 1 aromatic carbocycles. The maximum Gasteiger partial charge on any atom is 0.244 e. The predicted octanol–water partition coefficient (Wildman–Crippen LogP) is 2.56. The molecule has 4 rings (SSSR count). The zero-order valence-corrected chi connectivity index (χ0v) is 12.1. The monoisotopic (exact) mass is 290 g/mol. The smallest absolute Gasteiger partial charge is 0.244 e. The Balaban J connectivity index is 1.59. The molecule has 1 aromatic rings. The number of benzene rings is 1. The summed E-state index contributed by atoms with van der Waals surface area (Å²) in [5.74, 6) is 0.626. The van der Waals surface area contributed by atoms with Gasteiger partial charge in [-0.05, 0) is 49.6 Å². The summed E-state index contributed by atoms with van der Waals surface area (Å²) in [4.78, 5) is 14.4. The number of hydrogen-bond acceptors (Lipinski definition) is 2. The summed E-state index contributed by atoms with van der Waals surface area (Å²) in [6, 6.07) is 7.83. The number of fused-ring (bicyclic) bond motifs is 3. The van der Waals surface area contributed by atoms with Gasteiger partial charge in [-0.2, -0.15) is 0 Å². The van der Waals surface area contributed by atoms with E-state index >= 15 is 0 Å². The summed E-state index contributed by atoms with van der Waals surface area (Å²) in [6.07, 6.45) is 5.77. The minimum absolute atomic E-state index is 0.0244. The molecule has 2 bridgehead atoms. The fourth-order valence-corrected chi connectivity index (χ4v) is 3.33. The highest BCUT2D eigenvalue weighted by atomic mass is 35.5. The van der Waals surface area contributed by atoms with Gasteiger partial charge in [-0.25, -0.2) is 0 Å². The SMILES string of the molecule is O=C(C=Cc1ccccc1Cl)NC1CN2CCC1CC2. The third kappa shape index (κ3) is 3.05. The number of nitrogens with one attached hydrogen (secondary N) is 1. The fraction of sp³-hybridized carbons (Fsp3) is 0.438. The number of nitrogens with zero attached hydrogens (tertiary/aromatic N) is 1. The largest absolute Gasteiger partial charge is 0.348 e. The van der Waals surface area contributed by atoms with Gasteiger partial charge in [0.25, 0.3) is 0 Å². The molecule has 3 heterocycles. The lowest BCUT2D eigenvalue weighted by Gasteiger charge is -2.44. The van der Waals surface area contributed by atoms with Crippen LogP contribution in [0.15, 0.2) is 30.3 Å². The highest BCUT2D eigenvalue weighted by Crippen LogP contribution is 2.27. The van der Waals surface area contributed by atoms with E-state index in [0.29, 0.717) is 17.0 Å². The van der Waals surface area contributed by atoms with Gasteiger partial charge in [-0.15, -0.1) is 0 Å². The van der Waals surface area contributed by atoms with Gasteiger partial charge in [0.1, 0.15) is 0 Å². The third-order valence-corrected chi connectivity index (χ3v) is 4.65. The Kier molecular flexibility index (Phi) is 4.08. The van der Waals surface area contributed by atoms with Crippen LogP contribution in [-0.2, 0) is 4.79 Å². The van der Waals surface area contributed by atoms with E-state index < -0.39 is 0 Å². The quantitative estimate of drug-likeness (QED) is 0.868. The van der Waals surface area contributed by atoms with Gasteiger partial charge in [0.15, 0.2) is 0 Å². The zero-order chi connectivity index (χ0) is 13.9. The van der Waals surface area contributed by atoms with Crippen LogP contribution in [0.5, 0.6) is 0 Å². The number of rotatable bonds is 3. The standard InChI is InChI=1S/C16H19ClN2O/c17-14-4-2-1-3-12(14)5-6-16(20)18-15-11-19-9-7-13(15)8-10-19/h1-6,13,15H,7-11H2,(H,18,20). The van der Waals surface area contributed by atoms with E-state index in [2.05, 4.69) is 10.2 Å². The average molecular weight is 291 g/mol. The van der Waals surface area contributed by atoms with E-state index in [0.717, 1.165) is 12.1 Å². The second-order valence-electron chi connectivity index (χ2n) is 5.61. The normalized spacial score (nSPS) is 28.8. The van der Waals surface area contributed by atoms with Gasteiger partial charge in [-0.1, -0.05) is 29.8 Å². The van der Waals surface area contributed by atoms with Crippen molar-refractivity contribution in [2.75, 3.05) is 19.6 Å². The van der Waals surface area contributed by atoms with Gasteiger partial charge in [0.2, 0.25) is 5.91 Å². The van der Waals surface area contributed by atoms with Crippen molar-refractivity contribution in [3.05, 3.63) is 40.9 Å². The van der Waals surface area contributed by atoms with Crippen LogP contribution in [0.4, 0.5) is 0 Å². The van der Waals surface area contributed by atoms with Gasteiger partial charge < -0.3 is 10.2 Å². The summed E-state index contributed by atoms with van der Waals surface area (Å²) in [5.41, 5.74) is 0.873. The molecule has 4 heteroatoms. The molecular formula is C16H19ClN2O. The van der Waals surface area contributed by atoms with E-state index in [-0.39, 0.29) is 5.91 Å². The fourth-order valence-electron chi connectivity index (χ4n) is 3.14. The van der Waals surface area contributed by atoms with E-state index in [9.17, 15) is 4.79 Å². The van der Waals surface area contributed by atoms with Crippen molar-refractivity contribution >= 4 is 23.6 Å². The van der Waals surface area contributed by atoms with Crippen molar-refractivity contribution in [1.29, 1.82) is 0 Å². The minimum atomic E-state index is -0.0244. The molecule has 3 nitrogen and oxygen atoms in total. The molecule has 3 fully saturated rings. The van der Waals surface area contributed by atoms with Gasteiger partial charge >= 0.3 is 0 Å². The van der Waals surface area contributed by atoms with Crippen molar-refractivity contribution in [3.63, 3.8) is 0 Å². The van der Waals surface area contributed by atoms with Gasteiger partial charge in [-0.3, -0.25) is 4.79 Å². The highest BCUT2D eigenvalue weighted by molar-refractivity contribution is 6.32. The molecule has 20 heavy (non-hydrogen) atoms. The van der Waals surface area contributed by atoms with E-state index in [1.54, 1.807) is 12.2 Å². The van der Waals surface area contributed by atoms with E-state index in [4.69, 9.17) is 11.6 Å². The molecule has 1 amide bonds. The average Bonchev–Trinajstić information content (AvgIpc) is 2.48. The molecule has 0 spiro atoms. The lowest BCUT2D eigenvalue weighted by Crippen LogP contribution is -2.57. The first-order valence-electron chi connectivity index (χ1n) is 7.18. The Hall–Kier alpha value is -1.32. The number of hydrogen-bond donors (Lipinski definition) is 1. The van der Waals surface area contributed by atoms with Crippen LogP contribution in [0.2, 0.25) is 5.02 Å². The lowest BCUT2D eigenvalue weighted by atomic mass is 9.84. The first-order chi connectivity index (χ1) is 9.72. The van der Waals surface area contributed by atoms with E-state index in [1.807, 2.05) is 24.3 Å². The van der Waals surface area contributed by atoms with Crippen molar-refractivity contribution in [3.8, 4) is 0 Å². The van der Waals surface area contributed by atoms with Crippen LogP contribution in [-0.4, -0.2) is 36.5 Å². The van der Waals surface area contributed by atoms with Crippen LogP contribution in [0, 0.1) is 5.92 Å². The number of carbonyl (C=O) groups excluding carboxylic acids is 1. The van der Waals surface area contributed by atoms with Crippen LogP contribution < -0.4 is 5.32 Å². The summed E-state index contributed by atoms with van der Waals surface area (Å²) in [6.45, 7) is 3.37. The Labute approximate surface area is 124 Å². The maximum absolute atomic E-state index is 12.0. The Morgan fingerprint density at radius 2 is 2.05 bits per heavy atom. The molecule has 0 aliphatic carbocycles. The molecule has 0 aromatic heterocycles. The first kappa shape index (κ1) is 13.7. The van der Waals surface area contributed by atoms with Crippen molar-refractivity contribution in [2.45, 2.75) is 18.9 Å². The van der Waals surface area contributed by atoms with Crippen molar-refractivity contribution in [2.24, 2.45) is 5.92 Å². The zero-order valence-electron chi connectivity index (χ0n) is 11.4. The Morgan fingerprint density at radius 3 is 2.70 bits per heavy atom. The molecule has 1 N–H and O–H groups in total. The molecule has 3 saturated heterocycles. The molecular weight excluding hydrogens is 272 g/mol. The predicted molar refractivity (Wildman–Crippen MR) is 81.6 cm³/mol. The van der Waals surface area contributed by atoms with Crippen LogP contribution in [0.1, 0.15) is 18.4 Å². The molecule has 1 unspecified atom stereocenters. The molecule has 106 valence electrons. The summed E-state index contributed by atoms with van der Waals surface area (Å²) < 4.78 is 0. The van der Waals surface area contributed by atoms with Crippen LogP contribution in [0.3, 0.4) is 0 Å². The topological polar surface area (TPSA) is 32.3 Å². The third-order valence-electron chi connectivity index (χ3n) is 4.30. The van der Waals surface area contributed by atoms with Gasteiger partial charge in [0, 0.05) is 23.7 Å². The Morgan fingerprint density at radius 1 is 1.30 bits per heavy atom. The molecule has 0 radical (unpaired) electrons. The van der Waals surface area contributed by atoms with Crippen LogP contribution >= 0.6 is 11.6 Å². The maximum atomic E-state index is 12.0. The number of halogens is 1. The lowest BCUT2D eigenvalue weighted by molar-refractivity contribution is -0.118. The Bertz CT molecular complexity index is 521. The van der Waals surface area contributed by atoms with E-state index in [1.165, 1.54) is 25.9 Å². The van der Waals surface area contributed by atoms with Crippen molar-refractivity contribution in [1.82, 2.24) is 10.2 Å². The van der Waals surface area contributed by atoms with Crippen molar-refractivity contribution < 1.29 is 4.79 Å². The molecule has 0 saturated carbocycles. The minimum Gasteiger partial charge on any atom is -0.348 e. The summed E-state index contributed by atoms with van der Waals surface area (Å²) in [5, 5.41) is 3.80. The highest BCUT2D eigenvalue weighted by Gasteiger charge is 2.34. The number of amides is 1. The van der Waals surface area contributed by atoms with Gasteiger partial charge in [0.05, 0.1) is 0 Å². The molecule has 1 atom stereocenters. The second-order valence-corrected chi connectivity index (χ2v) is 6.02. The summed E-state index contributed by atoms with van der Waals surface area (Å²) in [7, 11) is 0.